The molecule has 1 aromatic heterocycles. The molecule has 0 unspecified atom stereocenters. The third-order valence-corrected chi connectivity index (χ3v) is 3.53. The number of carbonyl (C=O) groups excluding carboxylic acids is 2. The third-order valence-electron chi connectivity index (χ3n) is 3.53. The number of nitrogens with zero attached hydrogens (tertiary/aromatic N) is 1. The van der Waals surface area contributed by atoms with E-state index in [-0.39, 0.29) is 11.7 Å². The van der Waals surface area contributed by atoms with Crippen molar-refractivity contribution in [3.05, 3.63) is 36.1 Å². The highest BCUT2D eigenvalue weighted by molar-refractivity contribution is 5.95. The molecule has 0 aliphatic rings. The number of aromatic nitrogens is 1. The fourth-order valence-electron chi connectivity index (χ4n) is 2.12. The second-order valence-corrected chi connectivity index (χ2v) is 5.52. The summed E-state index contributed by atoms with van der Waals surface area (Å²) in [5, 5.41) is 6.49. The van der Waals surface area contributed by atoms with Gasteiger partial charge in [-0.15, -0.1) is 0 Å². The Labute approximate surface area is 139 Å². The van der Waals surface area contributed by atoms with E-state index in [1.807, 2.05) is 26.0 Å². The lowest BCUT2D eigenvalue weighted by Gasteiger charge is -2.18. The molecule has 0 bridgehead atoms. The van der Waals surface area contributed by atoms with E-state index < -0.39 is 17.9 Å². The molecule has 1 N–H and O–H groups in total. The quantitative estimate of drug-likeness (QED) is 0.816. The maximum atomic E-state index is 12.3. The molecule has 0 saturated heterocycles. The Morgan fingerprint density at radius 1 is 1.17 bits per heavy atom. The number of amides is 1. The molecule has 1 aromatic carbocycles. The minimum atomic E-state index is -0.753. The van der Waals surface area contributed by atoms with Crippen molar-refractivity contribution < 1.29 is 23.6 Å². The van der Waals surface area contributed by atoms with E-state index in [4.69, 9.17) is 14.0 Å². The van der Waals surface area contributed by atoms with Crippen LogP contribution in [0.25, 0.3) is 11.3 Å². The zero-order chi connectivity index (χ0) is 17.7. The molecule has 1 heterocycles. The smallest absolute Gasteiger partial charge is 0.328 e. The number of nitrogens with one attached hydrogen (secondary N) is 1. The van der Waals surface area contributed by atoms with Crippen LogP contribution in [0.5, 0.6) is 5.75 Å². The van der Waals surface area contributed by atoms with Crippen molar-refractivity contribution in [1.29, 1.82) is 0 Å². The highest BCUT2D eigenvalue weighted by atomic mass is 16.5. The van der Waals surface area contributed by atoms with Crippen LogP contribution >= 0.6 is 0 Å². The van der Waals surface area contributed by atoms with Crippen LogP contribution in [0.4, 0.5) is 0 Å². The number of methoxy groups -OCH3 is 2. The zero-order valence-corrected chi connectivity index (χ0v) is 14.0. The molecule has 1 amide bonds. The molecule has 1 atom stereocenters. The van der Waals surface area contributed by atoms with Gasteiger partial charge in [0.15, 0.2) is 0 Å². The van der Waals surface area contributed by atoms with Crippen molar-refractivity contribution in [3.8, 4) is 17.0 Å². The lowest BCUT2D eigenvalue weighted by atomic mass is 10.0. The first-order valence-corrected chi connectivity index (χ1v) is 7.46. The summed E-state index contributed by atoms with van der Waals surface area (Å²) < 4.78 is 14.9. The van der Waals surface area contributed by atoms with E-state index in [1.165, 1.54) is 13.2 Å². The standard InChI is InChI=1S/C17H20N2O5/c1-10(2)15(17(21)23-4)18-16(20)14-9-13(19-24-14)11-5-7-12(22-3)8-6-11/h5-10,15H,1-4H3,(H,18,20)/t15-/m1/s1. The van der Waals surface area contributed by atoms with Crippen LogP contribution in [0.3, 0.4) is 0 Å². The molecule has 0 fully saturated rings. The summed E-state index contributed by atoms with van der Waals surface area (Å²) in [5.41, 5.74) is 1.30. The monoisotopic (exact) mass is 332 g/mol. The molecule has 24 heavy (non-hydrogen) atoms. The minimum Gasteiger partial charge on any atom is -0.497 e. The summed E-state index contributed by atoms with van der Waals surface area (Å²) in [6.45, 7) is 3.62. The van der Waals surface area contributed by atoms with Gasteiger partial charge < -0.3 is 19.3 Å². The normalized spacial score (nSPS) is 11.9. The molecule has 7 heteroatoms. The molecular formula is C17H20N2O5. The van der Waals surface area contributed by atoms with Gasteiger partial charge in [-0.3, -0.25) is 4.79 Å². The first-order chi connectivity index (χ1) is 11.5. The summed E-state index contributed by atoms with van der Waals surface area (Å²) in [6, 6.07) is 7.96. The van der Waals surface area contributed by atoms with Gasteiger partial charge in [0.25, 0.3) is 5.91 Å². The number of hydrogen-bond donors (Lipinski definition) is 1. The van der Waals surface area contributed by atoms with E-state index in [0.717, 1.165) is 11.3 Å². The highest BCUT2D eigenvalue weighted by Crippen LogP contribution is 2.22. The van der Waals surface area contributed by atoms with Crippen molar-refractivity contribution >= 4 is 11.9 Å². The summed E-state index contributed by atoms with van der Waals surface area (Å²) >= 11 is 0. The Balaban J connectivity index is 2.13. The number of ether oxygens (including phenoxy) is 2. The van der Waals surface area contributed by atoms with Crippen LogP contribution in [0.1, 0.15) is 24.4 Å². The van der Waals surface area contributed by atoms with Crippen molar-refractivity contribution in [2.75, 3.05) is 14.2 Å². The molecule has 0 aliphatic carbocycles. The molecule has 0 saturated carbocycles. The zero-order valence-electron chi connectivity index (χ0n) is 14.0. The molecule has 2 rings (SSSR count). The van der Waals surface area contributed by atoms with Gasteiger partial charge >= 0.3 is 5.97 Å². The summed E-state index contributed by atoms with van der Waals surface area (Å²) in [6.07, 6.45) is 0. The van der Waals surface area contributed by atoms with Crippen LogP contribution in [-0.4, -0.2) is 37.3 Å². The number of esters is 1. The Bertz CT molecular complexity index is 706. The minimum absolute atomic E-state index is 0.0235. The van der Waals surface area contributed by atoms with Crippen LogP contribution in [0.15, 0.2) is 34.9 Å². The number of hydrogen-bond acceptors (Lipinski definition) is 6. The third kappa shape index (κ3) is 3.92. The lowest BCUT2D eigenvalue weighted by molar-refractivity contribution is -0.144. The second kappa shape index (κ2) is 7.63. The predicted octanol–water partition coefficient (Wildman–Crippen LogP) is 2.28. The van der Waals surface area contributed by atoms with Crippen LogP contribution in [0, 0.1) is 5.92 Å². The van der Waals surface area contributed by atoms with Gasteiger partial charge in [-0.05, 0) is 30.2 Å². The molecule has 0 spiro atoms. The van der Waals surface area contributed by atoms with Gasteiger partial charge in [-0.2, -0.15) is 0 Å². The van der Waals surface area contributed by atoms with Gasteiger partial charge in [-0.25, -0.2) is 4.79 Å². The van der Waals surface area contributed by atoms with Crippen LogP contribution in [-0.2, 0) is 9.53 Å². The Morgan fingerprint density at radius 2 is 1.83 bits per heavy atom. The second-order valence-electron chi connectivity index (χ2n) is 5.52. The topological polar surface area (TPSA) is 90.7 Å². The predicted molar refractivity (Wildman–Crippen MR) is 86.6 cm³/mol. The number of rotatable bonds is 6. The maximum Gasteiger partial charge on any atom is 0.328 e. The van der Waals surface area contributed by atoms with Crippen molar-refractivity contribution in [2.24, 2.45) is 5.92 Å². The van der Waals surface area contributed by atoms with Crippen LogP contribution < -0.4 is 10.1 Å². The van der Waals surface area contributed by atoms with Gasteiger partial charge in [0.2, 0.25) is 5.76 Å². The summed E-state index contributed by atoms with van der Waals surface area (Å²) in [5.74, 6) is -0.404. The molecule has 128 valence electrons. The highest BCUT2D eigenvalue weighted by Gasteiger charge is 2.27. The maximum absolute atomic E-state index is 12.3. The van der Waals surface area contributed by atoms with Gasteiger partial charge in [0.05, 0.1) is 14.2 Å². The van der Waals surface area contributed by atoms with Gasteiger partial charge in [0, 0.05) is 11.6 Å². The number of carbonyl (C=O) groups is 2. The van der Waals surface area contributed by atoms with Crippen molar-refractivity contribution in [3.63, 3.8) is 0 Å². The number of benzene rings is 1. The van der Waals surface area contributed by atoms with E-state index in [0.29, 0.717) is 5.69 Å². The SMILES string of the molecule is COC(=O)[C@H](NC(=O)c1cc(-c2ccc(OC)cc2)no1)C(C)C. The first kappa shape index (κ1) is 17.5. The largest absolute Gasteiger partial charge is 0.497 e. The van der Waals surface area contributed by atoms with E-state index >= 15 is 0 Å². The van der Waals surface area contributed by atoms with Crippen molar-refractivity contribution in [1.82, 2.24) is 10.5 Å². The van der Waals surface area contributed by atoms with Gasteiger partial charge in [0.1, 0.15) is 17.5 Å². The van der Waals surface area contributed by atoms with E-state index in [9.17, 15) is 9.59 Å². The average Bonchev–Trinajstić information content (AvgIpc) is 3.08. The molecular weight excluding hydrogens is 312 g/mol. The summed E-state index contributed by atoms with van der Waals surface area (Å²) in [4.78, 5) is 24.0. The average molecular weight is 332 g/mol. The first-order valence-electron chi connectivity index (χ1n) is 7.46. The fraction of sp³-hybridized carbons (Fsp3) is 0.353. The Morgan fingerprint density at radius 3 is 2.38 bits per heavy atom. The van der Waals surface area contributed by atoms with E-state index in [2.05, 4.69) is 10.5 Å². The molecule has 0 radical (unpaired) electrons. The lowest BCUT2D eigenvalue weighted by Crippen LogP contribution is -2.44. The Hall–Kier alpha value is -2.83. The van der Waals surface area contributed by atoms with Crippen LogP contribution in [0.2, 0.25) is 0 Å². The molecule has 0 aliphatic heterocycles. The van der Waals surface area contributed by atoms with Gasteiger partial charge in [-0.1, -0.05) is 19.0 Å². The fourth-order valence-corrected chi connectivity index (χ4v) is 2.12. The molecule has 7 nitrogen and oxygen atoms in total. The summed E-state index contributed by atoms with van der Waals surface area (Å²) in [7, 11) is 2.86. The van der Waals surface area contributed by atoms with E-state index in [1.54, 1.807) is 19.2 Å². The Kier molecular flexibility index (Phi) is 5.57. The molecule has 2 aromatic rings. The van der Waals surface area contributed by atoms with Crippen molar-refractivity contribution in [2.45, 2.75) is 19.9 Å².